The van der Waals surface area contributed by atoms with Gasteiger partial charge in [-0.3, -0.25) is 4.79 Å². The average Bonchev–Trinajstić information content (AvgIpc) is 3.13. The maximum atomic E-state index is 12.6. The summed E-state index contributed by atoms with van der Waals surface area (Å²) in [4.78, 5) is 12.6. The molecule has 4 unspecified atom stereocenters. The van der Waals surface area contributed by atoms with Crippen molar-refractivity contribution >= 4 is 11.9 Å². The van der Waals surface area contributed by atoms with E-state index in [0.717, 1.165) is 11.3 Å². The number of carbonyl (C=O) groups excluding carboxylic acids is 1. The highest BCUT2D eigenvalue weighted by Crippen LogP contribution is 2.56. The molecule has 2 saturated carbocycles. The van der Waals surface area contributed by atoms with Crippen LogP contribution in [0, 0.1) is 17.8 Å². The minimum atomic E-state index is 0.327. The molecule has 0 amide bonds. The van der Waals surface area contributed by atoms with Crippen LogP contribution in [0.5, 0.6) is 0 Å². The van der Waals surface area contributed by atoms with Crippen molar-refractivity contribution in [3.63, 3.8) is 0 Å². The van der Waals surface area contributed by atoms with E-state index in [4.69, 9.17) is 0 Å². The van der Waals surface area contributed by atoms with Gasteiger partial charge < -0.3 is 5.32 Å². The molecule has 2 nitrogen and oxygen atoms in total. The number of hydrogen-bond donors (Lipinski definition) is 1. The van der Waals surface area contributed by atoms with Crippen molar-refractivity contribution in [2.24, 2.45) is 17.8 Å². The van der Waals surface area contributed by atoms with Crippen LogP contribution < -0.4 is 5.32 Å². The highest BCUT2D eigenvalue weighted by atomic mass is 16.1. The summed E-state index contributed by atoms with van der Waals surface area (Å²) in [6.45, 7) is 0. The van der Waals surface area contributed by atoms with Gasteiger partial charge in [0.15, 0.2) is 5.78 Å². The summed E-state index contributed by atoms with van der Waals surface area (Å²) in [6, 6.07) is 10.7. The standard InChI is InChI=1S/C17H19NO/c19-17-15(9-11-5-2-1-3-6-11)18-12-7-4-8-13-14(10-12)16(13)17/h1-3,5-6,9,12-14,16,18H,4,7-8,10H2. The number of allylic oxidation sites excluding steroid dienone is 1. The van der Waals surface area contributed by atoms with Gasteiger partial charge in [-0.2, -0.15) is 0 Å². The van der Waals surface area contributed by atoms with E-state index in [9.17, 15) is 4.79 Å². The number of fused-ring (bicyclic) bond motifs is 2. The Morgan fingerprint density at radius 2 is 1.95 bits per heavy atom. The minimum Gasteiger partial charge on any atom is -0.379 e. The SMILES string of the molecule is O=C1C(=Cc2ccccc2)NC2CCCC3C(C2)C13. The van der Waals surface area contributed by atoms with Gasteiger partial charge in [0.1, 0.15) is 0 Å². The van der Waals surface area contributed by atoms with E-state index in [0.29, 0.717) is 29.6 Å². The Labute approximate surface area is 113 Å². The van der Waals surface area contributed by atoms with Gasteiger partial charge in [0.25, 0.3) is 0 Å². The number of nitrogens with one attached hydrogen (secondary N) is 1. The van der Waals surface area contributed by atoms with E-state index in [-0.39, 0.29) is 0 Å². The third-order valence-corrected chi connectivity index (χ3v) is 5.02. The van der Waals surface area contributed by atoms with Gasteiger partial charge >= 0.3 is 0 Å². The number of benzene rings is 1. The lowest BCUT2D eigenvalue weighted by atomic mass is 10.1. The third kappa shape index (κ3) is 1.90. The molecule has 2 heteroatoms. The van der Waals surface area contributed by atoms with Crippen molar-refractivity contribution in [3.05, 3.63) is 41.6 Å². The van der Waals surface area contributed by atoms with Gasteiger partial charge in [-0.15, -0.1) is 0 Å². The number of carbonyl (C=O) groups is 1. The predicted molar refractivity (Wildman–Crippen MR) is 75.3 cm³/mol. The third-order valence-electron chi connectivity index (χ3n) is 5.02. The fourth-order valence-electron chi connectivity index (χ4n) is 4.03. The lowest BCUT2D eigenvalue weighted by Gasteiger charge is -2.17. The van der Waals surface area contributed by atoms with Gasteiger partial charge in [-0.25, -0.2) is 0 Å². The molecule has 0 spiro atoms. The molecule has 98 valence electrons. The van der Waals surface area contributed by atoms with Crippen LogP contribution in [0.2, 0.25) is 0 Å². The first-order valence-electron chi connectivity index (χ1n) is 7.40. The number of Topliss-reactive ketones (excluding diaryl/α,β-unsaturated/α-hetero) is 1. The minimum absolute atomic E-state index is 0.327. The molecule has 1 aliphatic heterocycles. The first kappa shape index (κ1) is 11.3. The van der Waals surface area contributed by atoms with Crippen LogP contribution in [-0.2, 0) is 4.79 Å². The van der Waals surface area contributed by atoms with E-state index in [2.05, 4.69) is 17.4 Å². The van der Waals surface area contributed by atoms with E-state index in [1.54, 1.807) is 0 Å². The van der Waals surface area contributed by atoms with Gasteiger partial charge in [0, 0.05) is 12.0 Å². The van der Waals surface area contributed by atoms with Crippen LogP contribution in [0.1, 0.15) is 31.2 Å². The predicted octanol–water partition coefficient (Wildman–Crippen LogP) is 3.00. The van der Waals surface area contributed by atoms with Crippen LogP contribution in [-0.4, -0.2) is 11.8 Å². The number of rotatable bonds is 1. The maximum Gasteiger partial charge on any atom is 0.182 e. The summed E-state index contributed by atoms with van der Waals surface area (Å²) in [5.74, 6) is 2.06. The molecule has 1 N–H and O–H groups in total. The fraction of sp³-hybridized carbons (Fsp3) is 0.471. The summed E-state index contributed by atoms with van der Waals surface area (Å²) in [5.41, 5.74) is 1.97. The number of ketones is 1. The topological polar surface area (TPSA) is 29.1 Å². The normalized spacial score (nSPS) is 38.3. The molecule has 2 bridgehead atoms. The van der Waals surface area contributed by atoms with Crippen molar-refractivity contribution in [1.29, 1.82) is 0 Å². The summed E-state index contributed by atoms with van der Waals surface area (Å²) in [6.07, 6.45) is 7.00. The molecular formula is C17H19NO. The second-order valence-electron chi connectivity index (χ2n) is 6.19. The van der Waals surface area contributed by atoms with E-state index in [1.807, 2.05) is 24.3 Å². The zero-order valence-electron chi connectivity index (χ0n) is 11.0. The van der Waals surface area contributed by atoms with E-state index >= 15 is 0 Å². The molecule has 1 saturated heterocycles. The molecule has 1 heterocycles. The molecule has 2 aliphatic carbocycles. The summed E-state index contributed by atoms with van der Waals surface area (Å²) in [5, 5.41) is 3.51. The molecule has 3 aliphatic rings. The van der Waals surface area contributed by atoms with Crippen LogP contribution in [0.15, 0.2) is 36.0 Å². The smallest absolute Gasteiger partial charge is 0.182 e. The quantitative estimate of drug-likeness (QED) is 0.780. The van der Waals surface area contributed by atoms with Gasteiger partial charge in [0.05, 0.1) is 5.70 Å². The van der Waals surface area contributed by atoms with Crippen molar-refractivity contribution in [3.8, 4) is 0 Å². The molecule has 0 radical (unpaired) electrons. The Hall–Kier alpha value is -1.57. The van der Waals surface area contributed by atoms with E-state index in [1.165, 1.54) is 25.7 Å². The highest BCUT2D eigenvalue weighted by molar-refractivity contribution is 6.02. The largest absolute Gasteiger partial charge is 0.379 e. The lowest BCUT2D eigenvalue weighted by Crippen LogP contribution is -2.29. The van der Waals surface area contributed by atoms with Crippen LogP contribution in [0.25, 0.3) is 6.08 Å². The van der Waals surface area contributed by atoms with Crippen molar-refractivity contribution in [1.82, 2.24) is 5.32 Å². The van der Waals surface area contributed by atoms with Gasteiger partial charge in [-0.1, -0.05) is 36.8 Å². The first-order chi connectivity index (χ1) is 9.33. The lowest BCUT2D eigenvalue weighted by molar-refractivity contribution is -0.117. The van der Waals surface area contributed by atoms with Gasteiger partial charge in [-0.05, 0) is 42.7 Å². The molecule has 1 aromatic carbocycles. The van der Waals surface area contributed by atoms with Crippen LogP contribution >= 0.6 is 0 Å². The molecule has 4 rings (SSSR count). The van der Waals surface area contributed by atoms with Crippen molar-refractivity contribution in [2.45, 2.75) is 31.7 Å². The second kappa shape index (κ2) is 4.22. The van der Waals surface area contributed by atoms with Gasteiger partial charge in [0.2, 0.25) is 0 Å². The molecule has 1 aromatic rings. The highest BCUT2D eigenvalue weighted by Gasteiger charge is 2.57. The Morgan fingerprint density at radius 3 is 2.79 bits per heavy atom. The summed E-state index contributed by atoms with van der Waals surface area (Å²) in [7, 11) is 0. The first-order valence-corrected chi connectivity index (χ1v) is 7.40. The maximum absolute atomic E-state index is 12.6. The Balaban J connectivity index is 1.69. The average molecular weight is 253 g/mol. The Morgan fingerprint density at radius 1 is 1.11 bits per heavy atom. The van der Waals surface area contributed by atoms with Crippen LogP contribution in [0.3, 0.4) is 0 Å². The Bertz CT molecular complexity index is 533. The summed E-state index contributed by atoms with van der Waals surface area (Å²) >= 11 is 0. The summed E-state index contributed by atoms with van der Waals surface area (Å²) < 4.78 is 0. The fourth-order valence-corrected chi connectivity index (χ4v) is 4.03. The monoisotopic (exact) mass is 253 g/mol. The number of hydrogen-bond acceptors (Lipinski definition) is 2. The molecule has 19 heavy (non-hydrogen) atoms. The van der Waals surface area contributed by atoms with Crippen molar-refractivity contribution < 1.29 is 4.79 Å². The zero-order valence-corrected chi connectivity index (χ0v) is 11.0. The van der Waals surface area contributed by atoms with Crippen LogP contribution in [0.4, 0.5) is 0 Å². The molecule has 0 aromatic heterocycles. The molecular weight excluding hydrogens is 234 g/mol. The zero-order chi connectivity index (χ0) is 12.8. The van der Waals surface area contributed by atoms with Crippen molar-refractivity contribution in [2.75, 3.05) is 0 Å². The van der Waals surface area contributed by atoms with E-state index < -0.39 is 0 Å². The second-order valence-corrected chi connectivity index (χ2v) is 6.19. The Kier molecular flexibility index (Phi) is 2.51. The molecule has 3 fully saturated rings. The molecule has 4 atom stereocenters.